The number of hydrogen-bond acceptors (Lipinski definition) is 5. The SMILES string of the molecule is Cc1cc(NC(=O)c2ccccc2[N+](=O)[O-])ccc1-c1ccc(CO)o1. The average molecular weight is 352 g/mol. The molecule has 26 heavy (non-hydrogen) atoms. The largest absolute Gasteiger partial charge is 0.459 e. The molecule has 0 saturated carbocycles. The molecule has 0 aliphatic rings. The van der Waals surface area contributed by atoms with Gasteiger partial charge in [0.2, 0.25) is 0 Å². The van der Waals surface area contributed by atoms with Gasteiger partial charge in [0.25, 0.3) is 11.6 Å². The maximum absolute atomic E-state index is 12.4. The first-order valence-electron chi connectivity index (χ1n) is 7.85. The molecule has 0 spiro atoms. The molecule has 1 amide bonds. The van der Waals surface area contributed by atoms with E-state index in [9.17, 15) is 14.9 Å². The lowest BCUT2D eigenvalue weighted by atomic mass is 10.1. The highest BCUT2D eigenvalue weighted by Crippen LogP contribution is 2.28. The molecule has 0 fully saturated rings. The summed E-state index contributed by atoms with van der Waals surface area (Å²) >= 11 is 0. The van der Waals surface area contributed by atoms with Gasteiger partial charge in [-0.05, 0) is 48.9 Å². The summed E-state index contributed by atoms with van der Waals surface area (Å²) in [4.78, 5) is 22.9. The van der Waals surface area contributed by atoms with Gasteiger partial charge in [0.05, 0.1) is 4.92 Å². The van der Waals surface area contributed by atoms with Crippen LogP contribution in [0.5, 0.6) is 0 Å². The lowest BCUT2D eigenvalue weighted by Crippen LogP contribution is -2.14. The monoisotopic (exact) mass is 352 g/mol. The number of amides is 1. The minimum atomic E-state index is -0.584. The van der Waals surface area contributed by atoms with Gasteiger partial charge in [-0.25, -0.2) is 0 Å². The van der Waals surface area contributed by atoms with E-state index in [1.54, 1.807) is 36.4 Å². The molecule has 3 aromatic rings. The molecule has 1 aromatic heterocycles. The molecule has 0 unspecified atom stereocenters. The fourth-order valence-electron chi connectivity index (χ4n) is 2.65. The predicted octanol–water partition coefficient (Wildman–Crippen LogP) is 3.91. The highest BCUT2D eigenvalue weighted by atomic mass is 16.6. The Hall–Kier alpha value is -3.45. The van der Waals surface area contributed by atoms with Gasteiger partial charge in [0.15, 0.2) is 0 Å². The van der Waals surface area contributed by atoms with E-state index in [4.69, 9.17) is 9.52 Å². The van der Waals surface area contributed by atoms with E-state index >= 15 is 0 Å². The molecule has 132 valence electrons. The molecule has 7 heteroatoms. The first kappa shape index (κ1) is 17.4. The van der Waals surface area contributed by atoms with Crippen molar-refractivity contribution in [3.63, 3.8) is 0 Å². The number of para-hydroxylation sites is 1. The number of benzene rings is 2. The fourth-order valence-corrected chi connectivity index (χ4v) is 2.65. The topological polar surface area (TPSA) is 106 Å². The average Bonchev–Trinajstić information content (AvgIpc) is 3.10. The van der Waals surface area contributed by atoms with E-state index in [0.29, 0.717) is 17.2 Å². The van der Waals surface area contributed by atoms with Crippen molar-refractivity contribution in [2.24, 2.45) is 0 Å². The number of nitrogens with one attached hydrogen (secondary N) is 1. The minimum Gasteiger partial charge on any atom is -0.459 e. The van der Waals surface area contributed by atoms with Crippen LogP contribution in [0.3, 0.4) is 0 Å². The molecule has 0 saturated heterocycles. The lowest BCUT2D eigenvalue weighted by Gasteiger charge is -2.09. The van der Waals surface area contributed by atoms with Crippen LogP contribution in [-0.4, -0.2) is 15.9 Å². The zero-order chi connectivity index (χ0) is 18.7. The molecule has 0 atom stereocenters. The summed E-state index contributed by atoms with van der Waals surface area (Å²) in [5.74, 6) is 0.529. The molecule has 0 radical (unpaired) electrons. The number of aryl methyl sites for hydroxylation is 1. The van der Waals surface area contributed by atoms with Crippen LogP contribution in [0.15, 0.2) is 59.0 Å². The molecule has 0 aliphatic carbocycles. The van der Waals surface area contributed by atoms with E-state index < -0.39 is 10.8 Å². The number of nitro groups is 1. The second kappa shape index (κ2) is 7.20. The van der Waals surface area contributed by atoms with Crippen molar-refractivity contribution in [3.8, 4) is 11.3 Å². The Balaban J connectivity index is 1.84. The number of carbonyl (C=O) groups excluding carboxylic acids is 1. The van der Waals surface area contributed by atoms with Crippen molar-refractivity contribution in [2.75, 3.05) is 5.32 Å². The van der Waals surface area contributed by atoms with Crippen molar-refractivity contribution < 1.29 is 19.2 Å². The maximum atomic E-state index is 12.4. The van der Waals surface area contributed by atoms with E-state index in [0.717, 1.165) is 11.1 Å². The summed E-state index contributed by atoms with van der Waals surface area (Å²) in [6, 6.07) is 14.5. The Morgan fingerprint density at radius 1 is 1.19 bits per heavy atom. The van der Waals surface area contributed by atoms with Gasteiger partial charge < -0.3 is 14.8 Å². The smallest absolute Gasteiger partial charge is 0.282 e. The highest BCUT2D eigenvalue weighted by Gasteiger charge is 2.19. The first-order chi connectivity index (χ1) is 12.5. The second-order valence-electron chi connectivity index (χ2n) is 5.68. The van der Waals surface area contributed by atoms with Crippen molar-refractivity contribution in [3.05, 3.63) is 81.6 Å². The standard InChI is InChI=1S/C19H16N2O5/c1-12-10-13(6-8-15(12)18-9-7-14(11-22)26-18)20-19(23)16-4-2-3-5-17(16)21(24)25/h2-10,22H,11H2,1H3,(H,20,23). The Bertz CT molecular complexity index is 978. The summed E-state index contributed by atoms with van der Waals surface area (Å²) < 4.78 is 5.52. The van der Waals surface area contributed by atoms with Crippen LogP contribution >= 0.6 is 0 Å². The third-order valence-corrected chi connectivity index (χ3v) is 3.91. The van der Waals surface area contributed by atoms with Crippen LogP contribution in [0.25, 0.3) is 11.3 Å². The highest BCUT2D eigenvalue weighted by molar-refractivity contribution is 6.07. The lowest BCUT2D eigenvalue weighted by molar-refractivity contribution is -0.385. The molecule has 2 aromatic carbocycles. The van der Waals surface area contributed by atoms with E-state index in [-0.39, 0.29) is 17.9 Å². The Kier molecular flexibility index (Phi) is 4.81. The van der Waals surface area contributed by atoms with E-state index in [1.807, 2.05) is 6.92 Å². The third-order valence-electron chi connectivity index (χ3n) is 3.91. The van der Waals surface area contributed by atoms with Crippen molar-refractivity contribution in [1.29, 1.82) is 0 Å². The van der Waals surface area contributed by atoms with Crippen LogP contribution in [0, 0.1) is 17.0 Å². The van der Waals surface area contributed by atoms with Crippen LogP contribution in [0.4, 0.5) is 11.4 Å². The van der Waals surface area contributed by atoms with Crippen LogP contribution < -0.4 is 5.32 Å². The number of aliphatic hydroxyl groups is 1. The molecule has 0 aliphatic heterocycles. The Labute approximate surface area is 149 Å². The molecule has 3 rings (SSSR count). The molecule has 7 nitrogen and oxygen atoms in total. The summed E-state index contributed by atoms with van der Waals surface area (Å²) in [6.45, 7) is 1.68. The van der Waals surface area contributed by atoms with Gasteiger partial charge >= 0.3 is 0 Å². The number of hydrogen-bond donors (Lipinski definition) is 2. The fraction of sp³-hybridized carbons (Fsp3) is 0.105. The molecular weight excluding hydrogens is 336 g/mol. The quantitative estimate of drug-likeness (QED) is 0.535. The van der Waals surface area contributed by atoms with Gasteiger partial charge in [-0.15, -0.1) is 0 Å². The number of nitro benzene ring substituents is 1. The number of rotatable bonds is 5. The number of nitrogens with zero attached hydrogens (tertiary/aromatic N) is 1. The summed E-state index contributed by atoms with van der Waals surface area (Å²) in [6.07, 6.45) is 0. The summed E-state index contributed by atoms with van der Waals surface area (Å²) in [7, 11) is 0. The molecule has 1 heterocycles. The van der Waals surface area contributed by atoms with Gasteiger partial charge in [-0.3, -0.25) is 14.9 Å². The molecule has 2 N–H and O–H groups in total. The molecule has 0 bridgehead atoms. The number of anilines is 1. The third kappa shape index (κ3) is 3.47. The summed E-state index contributed by atoms with van der Waals surface area (Å²) in [5, 5.41) is 22.8. The number of aliphatic hydroxyl groups excluding tert-OH is 1. The zero-order valence-corrected chi connectivity index (χ0v) is 13.9. The summed E-state index contributed by atoms with van der Waals surface area (Å²) in [5.41, 5.74) is 1.95. The van der Waals surface area contributed by atoms with Crippen molar-refractivity contribution in [1.82, 2.24) is 0 Å². The second-order valence-corrected chi connectivity index (χ2v) is 5.68. The molecular formula is C19H16N2O5. The van der Waals surface area contributed by atoms with Gasteiger partial charge in [0.1, 0.15) is 23.7 Å². The van der Waals surface area contributed by atoms with E-state index in [1.165, 1.54) is 18.2 Å². The number of carbonyl (C=O) groups is 1. The Morgan fingerprint density at radius 3 is 2.62 bits per heavy atom. The van der Waals surface area contributed by atoms with Crippen LogP contribution in [0.1, 0.15) is 21.7 Å². The van der Waals surface area contributed by atoms with Crippen molar-refractivity contribution in [2.45, 2.75) is 13.5 Å². The zero-order valence-electron chi connectivity index (χ0n) is 13.9. The van der Waals surface area contributed by atoms with Gasteiger partial charge in [0, 0.05) is 17.3 Å². The normalized spacial score (nSPS) is 10.5. The van der Waals surface area contributed by atoms with Gasteiger partial charge in [-0.2, -0.15) is 0 Å². The van der Waals surface area contributed by atoms with E-state index in [2.05, 4.69) is 5.32 Å². The van der Waals surface area contributed by atoms with Crippen molar-refractivity contribution >= 4 is 17.3 Å². The maximum Gasteiger partial charge on any atom is 0.282 e. The van der Waals surface area contributed by atoms with Gasteiger partial charge in [-0.1, -0.05) is 12.1 Å². The predicted molar refractivity (Wildman–Crippen MR) is 95.9 cm³/mol. The van der Waals surface area contributed by atoms with Crippen LogP contribution in [0.2, 0.25) is 0 Å². The first-order valence-corrected chi connectivity index (χ1v) is 7.85. The minimum absolute atomic E-state index is 0.00199. The Morgan fingerprint density at radius 2 is 1.96 bits per heavy atom. The van der Waals surface area contributed by atoms with Crippen LogP contribution in [-0.2, 0) is 6.61 Å². The number of furan rings is 1.